The molecule has 17 heavy (non-hydrogen) atoms. The molecule has 0 unspecified atom stereocenters. The number of aromatic nitrogens is 1. The van der Waals surface area contributed by atoms with Crippen molar-refractivity contribution in [1.29, 1.82) is 0 Å². The Bertz CT molecular complexity index is 386. The van der Waals surface area contributed by atoms with Gasteiger partial charge in [0, 0.05) is 5.75 Å². The molecule has 0 aliphatic heterocycles. The van der Waals surface area contributed by atoms with Crippen molar-refractivity contribution < 1.29 is 9.90 Å². The molecule has 0 aliphatic carbocycles. The Morgan fingerprint density at radius 3 is 2.47 bits per heavy atom. The Morgan fingerprint density at radius 1 is 1.41 bits per heavy atom. The highest BCUT2D eigenvalue weighted by molar-refractivity contribution is 7.98. The fourth-order valence-electron chi connectivity index (χ4n) is 1.37. The summed E-state index contributed by atoms with van der Waals surface area (Å²) in [6.07, 6.45) is 0. The van der Waals surface area contributed by atoms with Crippen molar-refractivity contribution in [3.05, 3.63) is 15.6 Å². The molecule has 0 spiro atoms. The summed E-state index contributed by atoms with van der Waals surface area (Å²) >= 11 is 3.13. The van der Waals surface area contributed by atoms with E-state index in [-0.39, 0.29) is 5.92 Å². The third-order valence-corrected chi connectivity index (χ3v) is 4.74. The lowest BCUT2D eigenvalue weighted by Gasteiger charge is -2.02. The second kappa shape index (κ2) is 6.40. The lowest BCUT2D eigenvalue weighted by molar-refractivity contribution is 0.0700. The summed E-state index contributed by atoms with van der Waals surface area (Å²) < 4.78 is 0. The standard InChI is InChI=1S/C12H19NO2S2/c1-7(2)5-16-6-9-13-10(8(3)4)11(17-9)12(14)15/h7-8H,5-6H2,1-4H3,(H,14,15). The molecule has 0 amide bonds. The molecule has 3 nitrogen and oxygen atoms in total. The maximum atomic E-state index is 11.1. The van der Waals surface area contributed by atoms with Gasteiger partial charge >= 0.3 is 5.97 Å². The Labute approximate surface area is 111 Å². The van der Waals surface area contributed by atoms with Crippen molar-refractivity contribution in [2.45, 2.75) is 39.4 Å². The second-order valence-electron chi connectivity index (χ2n) is 4.69. The van der Waals surface area contributed by atoms with E-state index in [9.17, 15) is 4.79 Å². The van der Waals surface area contributed by atoms with Crippen LogP contribution in [0.2, 0.25) is 0 Å². The second-order valence-corrected chi connectivity index (χ2v) is 6.80. The van der Waals surface area contributed by atoms with Gasteiger partial charge in [0.2, 0.25) is 0 Å². The molecule has 1 N–H and O–H groups in total. The van der Waals surface area contributed by atoms with E-state index in [0.29, 0.717) is 10.8 Å². The van der Waals surface area contributed by atoms with Crippen molar-refractivity contribution in [3.63, 3.8) is 0 Å². The zero-order valence-corrected chi connectivity index (χ0v) is 12.3. The van der Waals surface area contributed by atoms with Gasteiger partial charge in [-0.1, -0.05) is 27.7 Å². The van der Waals surface area contributed by atoms with Gasteiger partial charge in [-0.3, -0.25) is 0 Å². The fourth-order valence-corrected chi connectivity index (χ4v) is 3.53. The van der Waals surface area contributed by atoms with Gasteiger partial charge in [-0.2, -0.15) is 11.8 Å². The van der Waals surface area contributed by atoms with Crippen LogP contribution < -0.4 is 0 Å². The lowest BCUT2D eigenvalue weighted by Crippen LogP contribution is -2.00. The Balaban J connectivity index is 2.74. The first-order valence-electron chi connectivity index (χ1n) is 5.72. The molecule has 5 heteroatoms. The Kier molecular flexibility index (Phi) is 5.46. The summed E-state index contributed by atoms with van der Waals surface area (Å²) in [5, 5.41) is 10.0. The van der Waals surface area contributed by atoms with Crippen LogP contribution >= 0.6 is 23.1 Å². The van der Waals surface area contributed by atoms with Gasteiger partial charge in [-0.25, -0.2) is 9.78 Å². The molecule has 1 aromatic rings. The number of hydrogen-bond donors (Lipinski definition) is 1. The van der Waals surface area contributed by atoms with E-state index in [1.54, 1.807) is 0 Å². The van der Waals surface area contributed by atoms with E-state index in [4.69, 9.17) is 5.11 Å². The molecule has 0 aromatic carbocycles. The van der Waals surface area contributed by atoms with Crippen molar-refractivity contribution in [3.8, 4) is 0 Å². The molecule has 0 bridgehead atoms. The summed E-state index contributed by atoms with van der Waals surface area (Å²) in [5.41, 5.74) is 0.725. The number of carboxylic acids is 1. The average Bonchev–Trinajstić information content (AvgIpc) is 2.61. The zero-order chi connectivity index (χ0) is 13.0. The van der Waals surface area contributed by atoms with Crippen molar-refractivity contribution in [1.82, 2.24) is 4.98 Å². The van der Waals surface area contributed by atoms with E-state index in [0.717, 1.165) is 22.2 Å². The van der Waals surface area contributed by atoms with Gasteiger partial charge in [-0.05, 0) is 17.6 Å². The first-order valence-corrected chi connectivity index (χ1v) is 7.69. The van der Waals surface area contributed by atoms with Crippen LogP contribution in [0.1, 0.15) is 54.0 Å². The van der Waals surface area contributed by atoms with Gasteiger partial charge in [0.1, 0.15) is 9.88 Å². The maximum absolute atomic E-state index is 11.1. The minimum Gasteiger partial charge on any atom is -0.477 e. The third-order valence-electron chi connectivity index (χ3n) is 2.12. The van der Waals surface area contributed by atoms with Crippen LogP contribution in [0.15, 0.2) is 0 Å². The van der Waals surface area contributed by atoms with Crippen LogP contribution in [-0.2, 0) is 5.75 Å². The van der Waals surface area contributed by atoms with Gasteiger partial charge in [0.05, 0.1) is 5.69 Å². The van der Waals surface area contributed by atoms with Crippen LogP contribution in [0.3, 0.4) is 0 Å². The predicted molar refractivity (Wildman–Crippen MR) is 74.2 cm³/mol. The molecular weight excluding hydrogens is 254 g/mol. The molecule has 1 aromatic heterocycles. The summed E-state index contributed by atoms with van der Waals surface area (Å²) in [5.74, 6) is 1.87. The highest BCUT2D eigenvalue weighted by Gasteiger charge is 2.19. The number of thioether (sulfide) groups is 1. The largest absolute Gasteiger partial charge is 0.477 e. The minimum atomic E-state index is -0.855. The molecule has 0 atom stereocenters. The SMILES string of the molecule is CC(C)CSCc1nc(C(C)C)c(C(=O)O)s1. The number of thiazole rings is 1. The molecular formula is C12H19NO2S2. The number of aromatic carboxylic acids is 1. The molecule has 1 rings (SSSR count). The number of rotatable bonds is 6. The topological polar surface area (TPSA) is 50.2 Å². The molecule has 0 saturated carbocycles. The smallest absolute Gasteiger partial charge is 0.347 e. The normalized spacial score (nSPS) is 11.4. The number of carboxylic acid groups (broad SMARTS) is 1. The summed E-state index contributed by atoms with van der Waals surface area (Å²) in [6, 6.07) is 0. The zero-order valence-electron chi connectivity index (χ0n) is 10.7. The highest BCUT2D eigenvalue weighted by Crippen LogP contribution is 2.27. The number of nitrogens with zero attached hydrogens (tertiary/aromatic N) is 1. The molecule has 0 aliphatic rings. The highest BCUT2D eigenvalue weighted by atomic mass is 32.2. The molecule has 0 radical (unpaired) electrons. The maximum Gasteiger partial charge on any atom is 0.347 e. The van der Waals surface area contributed by atoms with Gasteiger partial charge in [-0.15, -0.1) is 11.3 Å². The molecule has 0 saturated heterocycles. The summed E-state index contributed by atoms with van der Waals surface area (Å²) in [6.45, 7) is 8.31. The van der Waals surface area contributed by atoms with Crippen LogP contribution in [-0.4, -0.2) is 21.8 Å². The quantitative estimate of drug-likeness (QED) is 0.855. The van der Waals surface area contributed by atoms with Crippen LogP contribution in [0, 0.1) is 5.92 Å². The van der Waals surface area contributed by atoms with Crippen molar-refractivity contribution in [2.75, 3.05) is 5.75 Å². The Hall–Kier alpha value is -0.550. The number of hydrogen-bond acceptors (Lipinski definition) is 4. The van der Waals surface area contributed by atoms with E-state index >= 15 is 0 Å². The predicted octanol–water partition coefficient (Wildman–Crippen LogP) is 3.85. The van der Waals surface area contributed by atoms with E-state index < -0.39 is 5.97 Å². The van der Waals surface area contributed by atoms with Crippen molar-refractivity contribution in [2.24, 2.45) is 5.92 Å². The molecule has 1 heterocycles. The lowest BCUT2D eigenvalue weighted by atomic mass is 10.1. The average molecular weight is 273 g/mol. The van der Waals surface area contributed by atoms with Crippen LogP contribution in [0.5, 0.6) is 0 Å². The summed E-state index contributed by atoms with van der Waals surface area (Å²) in [4.78, 5) is 15.9. The summed E-state index contributed by atoms with van der Waals surface area (Å²) in [7, 11) is 0. The van der Waals surface area contributed by atoms with Crippen LogP contribution in [0.25, 0.3) is 0 Å². The Morgan fingerprint density at radius 2 is 2.06 bits per heavy atom. The molecule has 0 fully saturated rings. The molecule has 96 valence electrons. The van der Waals surface area contributed by atoms with E-state index in [1.807, 2.05) is 25.6 Å². The monoisotopic (exact) mass is 273 g/mol. The third kappa shape index (κ3) is 4.32. The van der Waals surface area contributed by atoms with E-state index in [1.165, 1.54) is 11.3 Å². The first-order chi connectivity index (χ1) is 7.91. The first kappa shape index (κ1) is 14.5. The minimum absolute atomic E-state index is 0.168. The van der Waals surface area contributed by atoms with Gasteiger partial charge < -0.3 is 5.11 Å². The van der Waals surface area contributed by atoms with Gasteiger partial charge in [0.15, 0.2) is 0 Å². The van der Waals surface area contributed by atoms with E-state index in [2.05, 4.69) is 18.8 Å². The van der Waals surface area contributed by atoms with Crippen molar-refractivity contribution >= 4 is 29.1 Å². The fraction of sp³-hybridized carbons (Fsp3) is 0.667. The van der Waals surface area contributed by atoms with Gasteiger partial charge in [0.25, 0.3) is 0 Å². The van der Waals surface area contributed by atoms with Crippen LogP contribution in [0.4, 0.5) is 0 Å². The number of carbonyl (C=O) groups is 1.